The predicted molar refractivity (Wildman–Crippen MR) is 40.1 cm³/mol. The van der Waals surface area contributed by atoms with E-state index < -0.39 is 6.56 Å². The maximum atomic E-state index is 8.93. The highest BCUT2D eigenvalue weighted by Gasteiger charge is 1.88. The molecule has 0 fully saturated rings. The first-order valence-electron chi connectivity index (χ1n) is 3.48. The average Bonchev–Trinajstić information content (AvgIpc) is 1.86. The molecule has 0 aromatic heterocycles. The normalized spacial score (nSPS) is 14.4. The van der Waals surface area contributed by atoms with Crippen molar-refractivity contribution in [3.05, 3.63) is 34.3 Å². The quantitative estimate of drug-likeness (QED) is 0.715. The Morgan fingerprint density at radius 2 is 2.44 bits per heavy atom. The Morgan fingerprint density at radius 3 is 2.89 bits per heavy atom. The second kappa shape index (κ2) is 2.99. The van der Waals surface area contributed by atoms with Crippen molar-refractivity contribution in [1.29, 1.82) is 0 Å². The Balaban J connectivity index is 3.06. The molecule has 2 heteroatoms. The molecule has 0 aliphatic rings. The molecule has 1 N–H and O–H groups in total. The van der Waals surface area contributed by atoms with Crippen LogP contribution in [0.1, 0.15) is 8.30 Å². The van der Waals surface area contributed by atoms with E-state index in [0.717, 1.165) is 4.47 Å². The number of benzene rings is 1. The van der Waals surface area contributed by atoms with Crippen molar-refractivity contribution in [3.8, 4) is 0 Å². The lowest BCUT2D eigenvalue weighted by Crippen LogP contribution is -1.79. The van der Waals surface area contributed by atoms with Crippen molar-refractivity contribution in [2.24, 2.45) is 0 Å². The number of halogens is 1. The number of hydrogen-bond acceptors (Lipinski definition) is 1. The molecular formula is C7H7BrO. The highest BCUT2D eigenvalue weighted by molar-refractivity contribution is 9.10. The monoisotopic (exact) mass is 188 g/mol. The minimum Gasteiger partial charge on any atom is -0.392 e. The molecule has 0 radical (unpaired) electrons. The third kappa shape index (κ3) is 1.80. The van der Waals surface area contributed by atoms with Crippen LogP contribution < -0.4 is 0 Å². The van der Waals surface area contributed by atoms with Crippen LogP contribution in [0.5, 0.6) is 0 Å². The molecule has 0 unspecified atom stereocenters. The second-order valence-corrected chi connectivity index (χ2v) is 2.54. The zero-order valence-electron chi connectivity index (χ0n) is 6.63. The lowest BCUT2D eigenvalue weighted by molar-refractivity contribution is 0.282. The van der Waals surface area contributed by atoms with E-state index in [1.54, 1.807) is 18.2 Å². The van der Waals surface area contributed by atoms with Gasteiger partial charge in [-0.05, 0) is 17.7 Å². The Morgan fingerprint density at radius 1 is 1.67 bits per heavy atom. The van der Waals surface area contributed by atoms with Gasteiger partial charge in [0.15, 0.2) is 0 Å². The van der Waals surface area contributed by atoms with Crippen molar-refractivity contribution in [2.45, 2.75) is 6.56 Å². The van der Waals surface area contributed by atoms with Crippen LogP contribution in [-0.4, -0.2) is 5.11 Å². The van der Waals surface area contributed by atoms with Gasteiger partial charge in [-0.1, -0.05) is 28.1 Å². The molecule has 1 nitrogen and oxygen atoms in total. The number of rotatable bonds is 1. The maximum absolute atomic E-state index is 8.93. The fraction of sp³-hybridized carbons (Fsp3) is 0.143. The first kappa shape index (κ1) is 4.47. The van der Waals surface area contributed by atoms with E-state index in [0.29, 0.717) is 0 Å². The third-order valence-corrected chi connectivity index (χ3v) is 1.45. The van der Waals surface area contributed by atoms with Crippen LogP contribution in [0.4, 0.5) is 0 Å². The zero-order chi connectivity index (χ0) is 8.48. The van der Waals surface area contributed by atoms with E-state index in [2.05, 4.69) is 15.9 Å². The Kier molecular flexibility index (Phi) is 1.49. The molecule has 0 aliphatic carbocycles. The molecule has 9 heavy (non-hydrogen) atoms. The maximum Gasteiger partial charge on any atom is 0.0682 e. The van der Waals surface area contributed by atoms with Gasteiger partial charge in [0.1, 0.15) is 0 Å². The van der Waals surface area contributed by atoms with E-state index in [1.807, 2.05) is 0 Å². The highest BCUT2D eigenvalue weighted by Crippen LogP contribution is 2.10. The fourth-order valence-electron chi connectivity index (χ4n) is 0.558. The standard InChI is InChI=1S/C7H7BrO/c8-7-3-1-2-6(4-7)5-9/h1-4,9H,5H2/i5D2. The molecular weight excluding hydrogens is 180 g/mol. The van der Waals surface area contributed by atoms with Crippen LogP contribution in [-0.2, 0) is 6.56 Å². The van der Waals surface area contributed by atoms with Crippen molar-refractivity contribution in [3.63, 3.8) is 0 Å². The largest absolute Gasteiger partial charge is 0.392 e. The van der Waals surface area contributed by atoms with Gasteiger partial charge in [0.25, 0.3) is 0 Å². The summed E-state index contributed by atoms with van der Waals surface area (Å²) in [5.41, 5.74) is 0.256. The minimum absolute atomic E-state index is 0.256. The average molecular weight is 189 g/mol. The molecule has 0 amide bonds. The Labute approximate surface area is 65.3 Å². The van der Waals surface area contributed by atoms with Crippen LogP contribution in [0, 0.1) is 0 Å². The van der Waals surface area contributed by atoms with Crippen LogP contribution in [0.2, 0.25) is 0 Å². The highest BCUT2D eigenvalue weighted by atomic mass is 79.9. The summed E-state index contributed by atoms with van der Waals surface area (Å²) < 4.78 is 14.7. The topological polar surface area (TPSA) is 20.2 Å². The smallest absolute Gasteiger partial charge is 0.0682 e. The van der Waals surface area contributed by atoms with Crippen molar-refractivity contribution >= 4 is 15.9 Å². The molecule has 0 saturated heterocycles. The summed E-state index contributed by atoms with van der Waals surface area (Å²) in [7, 11) is 0. The molecule has 1 aromatic rings. The van der Waals surface area contributed by atoms with Crippen molar-refractivity contribution in [1.82, 2.24) is 0 Å². The van der Waals surface area contributed by atoms with E-state index in [-0.39, 0.29) is 5.56 Å². The van der Waals surface area contributed by atoms with Gasteiger partial charge < -0.3 is 5.11 Å². The summed E-state index contributed by atoms with van der Waals surface area (Å²) in [6.45, 7) is -2.25. The minimum atomic E-state index is -2.25. The van der Waals surface area contributed by atoms with Crippen LogP contribution in [0.15, 0.2) is 28.7 Å². The number of aliphatic hydroxyl groups is 1. The predicted octanol–water partition coefficient (Wildman–Crippen LogP) is 1.94. The third-order valence-electron chi connectivity index (χ3n) is 0.954. The zero-order valence-corrected chi connectivity index (χ0v) is 6.22. The summed E-state index contributed by atoms with van der Waals surface area (Å²) in [5, 5.41) is 8.93. The Bertz CT molecular complexity index is 257. The molecule has 48 valence electrons. The lowest BCUT2D eigenvalue weighted by Gasteiger charge is -1.93. The van der Waals surface area contributed by atoms with Crippen LogP contribution in [0.25, 0.3) is 0 Å². The van der Waals surface area contributed by atoms with Gasteiger partial charge in [-0.3, -0.25) is 0 Å². The first-order valence-corrected chi connectivity index (χ1v) is 3.28. The van der Waals surface area contributed by atoms with Crippen LogP contribution >= 0.6 is 15.9 Å². The van der Waals surface area contributed by atoms with Gasteiger partial charge in [0, 0.05) is 4.47 Å². The van der Waals surface area contributed by atoms with Gasteiger partial charge in [0.05, 0.1) is 9.30 Å². The van der Waals surface area contributed by atoms with Gasteiger partial charge in [-0.2, -0.15) is 0 Å². The van der Waals surface area contributed by atoms with E-state index in [9.17, 15) is 0 Å². The summed E-state index contributed by atoms with van der Waals surface area (Å²) in [4.78, 5) is 0. The van der Waals surface area contributed by atoms with Gasteiger partial charge >= 0.3 is 0 Å². The van der Waals surface area contributed by atoms with Crippen LogP contribution in [0.3, 0.4) is 0 Å². The summed E-state index contributed by atoms with van der Waals surface area (Å²) in [6.07, 6.45) is 0. The van der Waals surface area contributed by atoms with E-state index in [4.69, 9.17) is 7.85 Å². The van der Waals surface area contributed by atoms with Gasteiger partial charge in [-0.25, -0.2) is 0 Å². The molecule has 0 atom stereocenters. The molecule has 1 aromatic carbocycles. The number of hydrogen-bond donors (Lipinski definition) is 1. The first-order chi connectivity index (χ1) is 5.00. The van der Waals surface area contributed by atoms with Gasteiger partial charge in [-0.15, -0.1) is 0 Å². The fourth-order valence-corrected chi connectivity index (χ4v) is 0.957. The molecule has 0 aliphatic heterocycles. The van der Waals surface area contributed by atoms with Gasteiger partial charge in [0.2, 0.25) is 0 Å². The molecule has 1 rings (SSSR count). The van der Waals surface area contributed by atoms with E-state index >= 15 is 0 Å². The molecule has 0 spiro atoms. The SMILES string of the molecule is [2H]C([2H])(O)c1cccc(Br)c1. The summed E-state index contributed by atoms with van der Waals surface area (Å²) >= 11 is 3.18. The summed E-state index contributed by atoms with van der Waals surface area (Å²) in [6, 6.07) is 6.52. The lowest BCUT2D eigenvalue weighted by atomic mass is 10.2. The van der Waals surface area contributed by atoms with Crippen molar-refractivity contribution in [2.75, 3.05) is 0 Å². The molecule has 0 bridgehead atoms. The van der Waals surface area contributed by atoms with Crippen molar-refractivity contribution < 1.29 is 7.85 Å². The second-order valence-electron chi connectivity index (χ2n) is 1.62. The Hall–Kier alpha value is -0.340. The van der Waals surface area contributed by atoms with E-state index in [1.165, 1.54) is 6.07 Å². The summed E-state index contributed by atoms with van der Waals surface area (Å²) in [5.74, 6) is 0. The molecule has 0 saturated carbocycles. The molecule has 0 heterocycles.